The van der Waals surface area contributed by atoms with Crippen molar-refractivity contribution in [1.82, 2.24) is 14.7 Å². The molecule has 0 radical (unpaired) electrons. The third-order valence-electron chi connectivity index (χ3n) is 15.8. The van der Waals surface area contributed by atoms with Crippen molar-refractivity contribution in [3.63, 3.8) is 0 Å². The van der Waals surface area contributed by atoms with Crippen LogP contribution in [0, 0.1) is 16.7 Å². The number of hydrogen-bond donors (Lipinski definition) is 1. The Kier molecular flexibility index (Phi) is 40.2. The zero-order valence-corrected chi connectivity index (χ0v) is 49.6. The molecule has 1 N–H and O–H groups in total. The first-order chi connectivity index (χ1) is 34.5. The van der Waals surface area contributed by atoms with Gasteiger partial charge in [0, 0.05) is 44.9 Å². The maximum absolute atomic E-state index is 13.6. The molecule has 1 aliphatic rings. The van der Waals surface area contributed by atoms with Crippen LogP contribution in [0.15, 0.2) is 0 Å². The largest absolute Gasteiger partial charge is 0.465 e. The number of aliphatic hydroxyl groups excluding tert-OH is 1. The van der Waals surface area contributed by atoms with Gasteiger partial charge in [0.2, 0.25) is 5.91 Å². The fourth-order valence-corrected chi connectivity index (χ4v) is 10.8. The lowest BCUT2D eigenvalue weighted by atomic mass is 9.85. The second kappa shape index (κ2) is 42.4. The van der Waals surface area contributed by atoms with Crippen LogP contribution in [0.5, 0.6) is 0 Å². The van der Waals surface area contributed by atoms with Gasteiger partial charge in [0.15, 0.2) is 6.29 Å². The van der Waals surface area contributed by atoms with E-state index in [0.717, 1.165) is 122 Å². The Morgan fingerprint density at radius 2 is 1.04 bits per heavy atom. The third-order valence-corrected chi connectivity index (χ3v) is 15.8. The smallest absolute Gasteiger partial charge is 0.323 e. The van der Waals surface area contributed by atoms with Crippen molar-refractivity contribution in [2.24, 2.45) is 16.7 Å². The summed E-state index contributed by atoms with van der Waals surface area (Å²) in [5.74, 6) is 0.806. The molecule has 1 unspecified atom stereocenters. The zero-order valence-electron chi connectivity index (χ0n) is 49.6. The van der Waals surface area contributed by atoms with Crippen molar-refractivity contribution >= 4 is 17.8 Å². The SMILES string of the molecule is CCCCCCCCC(CCCCCCCC)OC(=O)C(C)(C)CCCCCCOC(=O)[C@@H]1C[C@H](OC(O)CCN(C)C)CN1CCCCCCC(C)(C)C(=O)N(C)CCCC(CCCCC)CCCCC. The van der Waals surface area contributed by atoms with Crippen LogP contribution in [-0.4, -0.2) is 116 Å². The monoisotopic (exact) mass is 1020 g/mol. The molecule has 10 heteroatoms. The molecule has 426 valence electrons. The van der Waals surface area contributed by atoms with Crippen molar-refractivity contribution in [2.45, 2.75) is 311 Å². The number of rotatable bonds is 49. The van der Waals surface area contributed by atoms with E-state index in [4.69, 9.17) is 14.2 Å². The summed E-state index contributed by atoms with van der Waals surface area (Å²) in [5.41, 5.74) is -0.902. The summed E-state index contributed by atoms with van der Waals surface area (Å²) in [7, 11) is 5.96. The Bertz CT molecular complexity index is 1300. The highest BCUT2D eigenvalue weighted by atomic mass is 16.6. The number of ether oxygens (including phenoxy) is 3. The molecule has 1 amide bonds. The Labute approximate surface area is 446 Å². The average Bonchev–Trinajstić information content (AvgIpc) is 3.75. The Morgan fingerprint density at radius 3 is 1.61 bits per heavy atom. The molecule has 0 aromatic carbocycles. The third kappa shape index (κ3) is 33.3. The van der Waals surface area contributed by atoms with Gasteiger partial charge in [-0.15, -0.1) is 0 Å². The van der Waals surface area contributed by atoms with E-state index in [9.17, 15) is 19.5 Å². The molecule has 72 heavy (non-hydrogen) atoms. The van der Waals surface area contributed by atoms with Crippen molar-refractivity contribution in [3.8, 4) is 0 Å². The van der Waals surface area contributed by atoms with Crippen LogP contribution in [0.3, 0.4) is 0 Å². The van der Waals surface area contributed by atoms with E-state index in [0.29, 0.717) is 26.0 Å². The fourth-order valence-electron chi connectivity index (χ4n) is 10.8. The number of carbonyl (C=O) groups is 3. The van der Waals surface area contributed by atoms with Gasteiger partial charge >= 0.3 is 11.9 Å². The Morgan fingerprint density at radius 1 is 0.569 bits per heavy atom. The highest BCUT2D eigenvalue weighted by Gasteiger charge is 2.39. The van der Waals surface area contributed by atoms with Gasteiger partial charge in [-0.1, -0.05) is 196 Å². The standard InChI is InChI=1S/C62H121N3O7/c1-12-16-20-22-24-32-42-54(43-33-25-23-21-17-13-2)72-60(69)62(7,8)46-35-27-29-37-50-70-58(67)56-51-55(71-57(66)44-49-63(9)10)52-65(56)48-36-28-26-34-45-61(5,6)59(68)64(11)47-38-41-53(39-30-18-14-3)40-31-19-15-4/h53-57,66H,12-52H2,1-11H3/t55-,56-,57?/m0/s1. The van der Waals surface area contributed by atoms with Crippen LogP contribution in [0.2, 0.25) is 0 Å². The number of esters is 2. The summed E-state index contributed by atoms with van der Waals surface area (Å²) < 4.78 is 18.3. The van der Waals surface area contributed by atoms with Crippen molar-refractivity contribution in [3.05, 3.63) is 0 Å². The second-order valence-electron chi connectivity index (χ2n) is 24.2. The summed E-state index contributed by atoms with van der Waals surface area (Å²) >= 11 is 0. The summed E-state index contributed by atoms with van der Waals surface area (Å²) in [4.78, 5) is 47.0. The van der Waals surface area contributed by atoms with Gasteiger partial charge in [0.1, 0.15) is 12.1 Å². The number of hydrogen-bond acceptors (Lipinski definition) is 9. The van der Waals surface area contributed by atoms with E-state index >= 15 is 0 Å². The highest BCUT2D eigenvalue weighted by Crippen LogP contribution is 2.31. The minimum Gasteiger partial charge on any atom is -0.465 e. The molecule has 0 aliphatic carbocycles. The average molecular weight is 1020 g/mol. The van der Waals surface area contributed by atoms with Crippen LogP contribution in [0.25, 0.3) is 0 Å². The zero-order chi connectivity index (χ0) is 53.5. The number of nitrogens with zero attached hydrogens (tertiary/aromatic N) is 3. The molecule has 3 atom stereocenters. The van der Waals surface area contributed by atoms with E-state index in [1.165, 1.54) is 122 Å². The minimum absolute atomic E-state index is 0.0284. The molecule has 0 saturated carbocycles. The van der Waals surface area contributed by atoms with E-state index in [-0.39, 0.29) is 41.5 Å². The quantitative estimate of drug-likeness (QED) is 0.0362. The van der Waals surface area contributed by atoms with Gasteiger partial charge < -0.3 is 29.1 Å². The van der Waals surface area contributed by atoms with Crippen molar-refractivity contribution in [2.75, 3.05) is 53.9 Å². The lowest BCUT2D eigenvalue weighted by molar-refractivity contribution is -0.161. The van der Waals surface area contributed by atoms with Crippen LogP contribution < -0.4 is 0 Å². The predicted octanol–water partition coefficient (Wildman–Crippen LogP) is 15.6. The fraction of sp³-hybridized carbons (Fsp3) is 0.952. The van der Waals surface area contributed by atoms with Gasteiger partial charge in [-0.05, 0) is 105 Å². The van der Waals surface area contributed by atoms with Crippen molar-refractivity contribution < 1.29 is 33.7 Å². The first-order valence-corrected chi connectivity index (χ1v) is 30.9. The molecule has 1 fully saturated rings. The van der Waals surface area contributed by atoms with Gasteiger partial charge in [-0.3, -0.25) is 19.3 Å². The van der Waals surface area contributed by atoms with E-state index < -0.39 is 11.7 Å². The highest BCUT2D eigenvalue weighted by molar-refractivity contribution is 5.81. The van der Waals surface area contributed by atoms with Crippen LogP contribution in [0.4, 0.5) is 0 Å². The Balaban J connectivity index is 2.61. The van der Waals surface area contributed by atoms with Gasteiger partial charge in [0.05, 0.1) is 18.1 Å². The lowest BCUT2D eigenvalue weighted by Crippen LogP contribution is -2.39. The van der Waals surface area contributed by atoms with E-state index in [2.05, 4.69) is 46.4 Å². The topological polar surface area (TPSA) is 109 Å². The first-order valence-electron chi connectivity index (χ1n) is 30.9. The van der Waals surface area contributed by atoms with Gasteiger partial charge in [-0.2, -0.15) is 0 Å². The normalized spacial score (nSPS) is 16.1. The summed E-state index contributed by atoms with van der Waals surface area (Å²) in [5, 5.41) is 10.7. The predicted molar refractivity (Wildman–Crippen MR) is 303 cm³/mol. The van der Waals surface area contributed by atoms with Crippen LogP contribution in [0.1, 0.15) is 287 Å². The van der Waals surface area contributed by atoms with E-state index in [1.807, 2.05) is 44.8 Å². The minimum atomic E-state index is -0.870. The number of aliphatic hydroxyl groups is 1. The first kappa shape index (κ1) is 68.3. The maximum Gasteiger partial charge on any atom is 0.323 e. The van der Waals surface area contributed by atoms with E-state index in [1.54, 1.807) is 0 Å². The molecule has 1 heterocycles. The molecule has 10 nitrogen and oxygen atoms in total. The summed E-state index contributed by atoms with van der Waals surface area (Å²) in [6.07, 6.45) is 39.1. The lowest BCUT2D eigenvalue weighted by Gasteiger charge is -2.30. The maximum atomic E-state index is 13.6. The number of likely N-dealkylation sites (tertiary alicyclic amines) is 1. The second-order valence-corrected chi connectivity index (χ2v) is 24.2. The molecule has 0 aromatic heterocycles. The summed E-state index contributed by atoms with van der Waals surface area (Å²) in [6, 6.07) is -0.385. The van der Waals surface area contributed by atoms with Crippen LogP contribution >= 0.6 is 0 Å². The molecule has 0 bridgehead atoms. The molecule has 0 spiro atoms. The van der Waals surface area contributed by atoms with Gasteiger partial charge in [-0.25, -0.2) is 0 Å². The molecular weight excluding hydrogens is 899 g/mol. The molecule has 0 aromatic rings. The number of unbranched alkanes of at least 4 members (excludes halogenated alkanes) is 20. The van der Waals surface area contributed by atoms with Gasteiger partial charge in [0.25, 0.3) is 0 Å². The molecule has 1 saturated heterocycles. The molecule has 1 rings (SSSR count). The molecule has 1 aliphatic heterocycles. The molecular formula is C62H121N3O7. The van der Waals surface area contributed by atoms with Crippen molar-refractivity contribution in [1.29, 1.82) is 0 Å². The number of carbonyl (C=O) groups excluding carboxylic acids is 3. The summed E-state index contributed by atoms with van der Waals surface area (Å²) in [6.45, 7) is 20.7. The van der Waals surface area contributed by atoms with Crippen LogP contribution in [-0.2, 0) is 28.6 Å². The Hall–Kier alpha value is -1.75. The number of amides is 1.